The van der Waals surface area contributed by atoms with Crippen LogP contribution in [0.25, 0.3) is 0 Å². The zero-order valence-electron chi connectivity index (χ0n) is 5.32. The number of methoxy groups -OCH3 is 1. The van der Waals surface area contributed by atoms with Gasteiger partial charge in [-0.25, -0.2) is 0 Å². The van der Waals surface area contributed by atoms with E-state index in [1.54, 1.807) is 7.11 Å². The van der Waals surface area contributed by atoms with Gasteiger partial charge in [-0.15, -0.1) is 0 Å². The average molecular weight is 193 g/mol. The molecule has 0 aromatic carbocycles. The topological polar surface area (TPSA) is 26.3 Å². The number of hydrogen-bond acceptors (Lipinski definition) is 2. The van der Waals surface area contributed by atoms with E-state index < -0.39 is 0 Å². The maximum atomic E-state index is 11.0. The van der Waals surface area contributed by atoms with Gasteiger partial charge in [-0.1, -0.05) is 15.9 Å². The quantitative estimate of drug-likeness (QED) is 0.628. The molecule has 2 nitrogen and oxygen atoms in total. The molecule has 0 saturated heterocycles. The minimum Gasteiger partial charge on any atom is -0.370 e. The summed E-state index contributed by atoms with van der Waals surface area (Å²) in [6, 6.07) is 0. The van der Waals surface area contributed by atoms with Gasteiger partial charge in [0.25, 0.3) is 0 Å². The Morgan fingerprint density at radius 2 is 2.33 bits per heavy atom. The van der Waals surface area contributed by atoms with Crippen LogP contribution < -0.4 is 0 Å². The molecule has 52 valence electrons. The molecular weight excluding hydrogens is 184 g/mol. The lowest BCUT2D eigenvalue weighted by molar-refractivity contribution is -0.128. The highest BCUT2D eigenvalue weighted by Gasteiger charge is 2.49. The van der Waals surface area contributed by atoms with Gasteiger partial charge in [-0.05, 0) is 12.8 Å². The van der Waals surface area contributed by atoms with Crippen molar-refractivity contribution < 1.29 is 9.53 Å². The summed E-state index contributed by atoms with van der Waals surface area (Å²) in [6.45, 7) is 0. The molecule has 0 unspecified atom stereocenters. The van der Waals surface area contributed by atoms with E-state index in [4.69, 9.17) is 4.74 Å². The molecule has 0 heterocycles. The fraction of sp³-hybridized carbons (Fsp3) is 0.833. The molecule has 0 aromatic heterocycles. The molecule has 0 aromatic rings. The van der Waals surface area contributed by atoms with Crippen LogP contribution in [0.5, 0.6) is 0 Å². The van der Waals surface area contributed by atoms with Crippen molar-refractivity contribution in [2.24, 2.45) is 0 Å². The first kappa shape index (κ1) is 7.22. The second kappa shape index (κ2) is 2.39. The molecule has 0 bridgehead atoms. The Morgan fingerprint density at radius 3 is 2.44 bits per heavy atom. The number of ether oxygens (including phenoxy) is 1. The Balaban J connectivity index is 2.49. The van der Waals surface area contributed by atoms with Gasteiger partial charge in [0.15, 0.2) is 5.78 Å². The van der Waals surface area contributed by atoms with Crippen molar-refractivity contribution >= 4 is 21.7 Å². The Bertz CT molecular complexity index is 129. The normalized spacial score (nSPS) is 21.6. The van der Waals surface area contributed by atoms with Crippen molar-refractivity contribution in [2.45, 2.75) is 18.4 Å². The number of carbonyl (C=O) groups excluding carboxylic acids is 1. The maximum Gasteiger partial charge on any atom is 0.175 e. The molecule has 1 aliphatic carbocycles. The minimum atomic E-state index is -0.385. The molecule has 1 fully saturated rings. The number of halogens is 1. The first-order chi connectivity index (χ1) is 4.25. The number of Topliss-reactive ketones (excluding diaryl/α,β-unsaturated/α-hetero) is 1. The summed E-state index contributed by atoms with van der Waals surface area (Å²) in [6.07, 6.45) is 1.79. The molecule has 0 atom stereocenters. The summed E-state index contributed by atoms with van der Waals surface area (Å²) in [5, 5.41) is 0.418. The third-order valence-electron chi connectivity index (χ3n) is 1.72. The summed E-state index contributed by atoms with van der Waals surface area (Å²) >= 11 is 3.10. The zero-order chi connectivity index (χ0) is 6.91. The number of alkyl halides is 1. The molecule has 1 rings (SSSR count). The van der Waals surface area contributed by atoms with Crippen LogP contribution in [0.1, 0.15) is 12.8 Å². The van der Waals surface area contributed by atoms with Crippen LogP contribution in [0.4, 0.5) is 0 Å². The van der Waals surface area contributed by atoms with Crippen molar-refractivity contribution in [2.75, 3.05) is 12.4 Å². The van der Waals surface area contributed by atoms with Crippen molar-refractivity contribution in [3.05, 3.63) is 0 Å². The molecular formula is C6H9BrO2. The lowest BCUT2D eigenvalue weighted by atomic mass is 10.2. The largest absolute Gasteiger partial charge is 0.370 e. The molecule has 1 aliphatic rings. The van der Waals surface area contributed by atoms with E-state index in [1.165, 1.54) is 0 Å². The highest BCUT2D eigenvalue weighted by atomic mass is 79.9. The smallest absolute Gasteiger partial charge is 0.175 e. The number of ketones is 1. The highest BCUT2D eigenvalue weighted by Crippen LogP contribution is 2.39. The van der Waals surface area contributed by atoms with Crippen molar-refractivity contribution in [3.8, 4) is 0 Å². The second-order valence-corrected chi connectivity index (χ2v) is 2.82. The number of rotatable bonds is 3. The minimum absolute atomic E-state index is 0.171. The average Bonchev–Trinajstić information content (AvgIpc) is 2.66. The van der Waals surface area contributed by atoms with Gasteiger partial charge in [0.05, 0.1) is 5.33 Å². The lowest BCUT2D eigenvalue weighted by Gasteiger charge is -2.07. The van der Waals surface area contributed by atoms with Gasteiger partial charge < -0.3 is 4.74 Å². The van der Waals surface area contributed by atoms with Crippen LogP contribution in [0.2, 0.25) is 0 Å². The third kappa shape index (κ3) is 1.17. The Hall–Kier alpha value is 0.110. The molecule has 0 radical (unpaired) electrons. The zero-order valence-corrected chi connectivity index (χ0v) is 6.90. The van der Waals surface area contributed by atoms with Gasteiger partial charge in [0, 0.05) is 7.11 Å². The molecule has 3 heteroatoms. The molecule has 1 saturated carbocycles. The van der Waals surface area contributed by atoms with Crippen LogP contribution in [0.15, 0.2) is 0 Å². The van der Waals surface area contributed by atoms with Gasteiger partial charge in [-0.2, -0.15) is 0 Å². The van der Waals surface area contributed by atoms with Crippen molar-refractivity contribution in [1.82, 2.24) is 0 Å². The van der Waals surface area contributed by atoms with Gasteiger partial charge in [0.1, 0.15) is 5.60 Å². The summed E-state index contributed by atoms with van der Waals surface area (Å²) < 4.78 is 5.02. The third-order valence-corrected chi connectivity index (χ3v) is 2.23. The van der Waals surface area contributed by atoms with Crippen molar-refractivity contribution in [1.29, 1.82) is 0 Å². The summed E-state index contributed by atoms with van der Waals surface area (Å²) in [5.41, 5.74) is -0.385. The van der Waals surface area contributed by atoms with E-state index in [0.717, 1.165) is 12.8 Å². The summed E-state index contributed by atoms with van der Waals surface area (Å²) in [4.78, 5) is 11.0. The Kier molecular flexibility index (Phi) is 1.91. The monoisotopic (exact) mass is 192 g/mol. The Labute approximate surface area is 62.7 Å². The molecule has 0 N–H and O–H groups in total. The van der Waals surface area contributed by atoms with Gasteiger partial charge in [-0.3, -0.25) is 4.79 Å². The molecule has 9 heavy (non-hydrogen) atoms. The van der Waals surface area contributed by atoms with Crippen LogP contribution in [-0.4, -0.2) is 23.8 Å². The van der Waals surface area contributed by atoms with Gasteiger partial charge in [0.2, 0.25) is 0 Å². The maximum absolute atomic E-state index is 11.0. The van der Waals surface area contributed by atoms with Gasteiger partial charge >= 0.3 is 0 Å². The van der Waals surface area contributed by atoms with Crippen LogP contribution in [0.3, 0.4) is 0 Å². The highest BCUT2D eigenvalue weighted by molar-refractivity contribution is 9.09. The van der Waals surface area contributed by atoms with Crippen LogP contribution in [0, 0.1) is 0 Å². The van der Waals surface area contributed by atoms with E-state index in [1.807, 2.05) is 0 Å². The van der Waals surface area contributed by atoms with Crippen LogP contribution in [-0.2, 0) is 9.53 Å². The fourth-order valence-corrected chi connectivity index (χ4v) is 1.34. The summed E-state index contributed by atoms with van der Waals surface area (Å²) in [7, 11) is 1.59. The Morgan fingerprint density at radius 1 is 1.78 bits per heavy atom. The van der Waals surface area contributed by atoms with E-state index in [2.05, 4.69) is 15.9 Å². The van der Waals surface area contributed by atoms with E-state index in [-0.39, 0.29) is 11.4 Å². The molecule has 0 aliphatic heterocycles. The molecule has 0 amide bonds. The number of hydrogen-bond donors (Lipinski definition) is 0. The predicted molar refractivity (Wildman–Crippen MR) is 37.8 cm³/mol. The SMILES string of the molecule is COC1(C(=O)CBr)CC1. The van der Waals surface area contributed by atoms with Crippen molar-refractivity contribution in [3.63, 3.8) is 0 Å². The van der Waals surface area contributed by atoms with E-state index >= 15 is 0 Å². The molecule has 0 spiro atoms. The predicted octanol–water partition coefficient (Wildman–Crippen LogP) is 1.13. The second-order valence-electron chi connectivity index (χ2n) is 2.26. The fourth-order valence-electron chi connectivity index (χ4n) is 0.832. The summed E-state index contributed by atoms with van der Waals surface area (Å²) in [5.74, 6) is 0.171. The van der Waals surface area contributed by atoms with E-state index in [0.29, 0.717) is 5.33 Å². The lowest BCUT2D eigenvalue weighted by Crippen LogP contribution is -2.25. The first-order valence-corrected chi connectivity index (χ1v) is 4.02. The van der Waals surface area contributed by atoms with E-state index in [9.17, 15) is 4.79 Å². The number of carbonyl (C=O) groups is 1. The standard InChI is InChI=1S/C6H9BrO2/c1-9-6(2-3-6)5(8)4-7/h2-4H2,1H3. The van der Waals surface area contributed by atoms with Crippen LogP contribution >= 0.6 is 15.9 Å². The first-order valence-electron chi connectivity index (χ1n) is 2.89.